The summed E-state index contributed by atoms with van der Waals surface area (Å²) in [6, 6.07) is 71.2. The molecule has 326 valence electrons. The zero-order valence-corrected chi connectivity index (χ0v) is 39.3. The van der Waals surface area contributed by atoms with Gasteiger partial charge in [-0.05, 0) is 142 Å². The van der Waals surface area contributed by atoms with Crippen molar-refractivity contribution in [3.8, 4) is 45.1 Å². The van der Waals surface area contributed by atoms with Gasteiger partial charge in [-0.25, -0.2) is 0 Å². The van der Waals surface area contributed by atoms with Crippen LogP contribution in [-0.4, -0.2) is 22.6 Å². The molecule has 0 N–H and O–H groups in total. The third-order valence-electron chi connectivity index (χ3n) is 16.3. The summed E-state index contributed by atoms with van der Waals surface area (Å²) in [6.07, 6.45) is 0. The van der Waals surface area contributed by atoms with Crippen LogP contribution < -0.4 is 42.4 Å². The number of benzene rings is 10. The Bertz CT molecular complexity index is 4350. The Morgan fingerprint density at radius 3 is 1.51 bits per heavy atom. The summed E-state index contributed by atoms with van der Waals surface area (Å²) in [7, 11) is 0. The minimum absolute atomic E-state index is 0.0440. The van der Waals surface area contributed by atoms with Gasteiger partial charge >= 0.3 is 0 Å². The average molecular weight is 892 g/mol. The van der Waals surface area contributed by atoms with Crippen LogP contribution >= 0.6 is 0 Å². The van der Waals surface area contributed by atoms with Gasteiger partial charge in [0.2, 0.25) is 0 Å². The highest BCUT2D eigenvalue weighted by Gasteiger charge is 2.46. The molecule has 10 aromatic carbocycles. The van der Waals surface area contributed by atoms with Gasteiger partial charge in [0.05, 0.1) is 11.0 Å². The van der Waals surface area contributed by atoms with Crippen LogP contribution in [0.4, 0.5) is 17.1 Å². The lowest BCUT2D eigenvalue weighted by Crippen LogP contribution is -2.63. The summed E-state index contributed by atoms with van der Waals surface area (Å²) in [5.41, 5.74) is 28.5. The molecule has 2 aromatic heterocycles. The number of anilines is 3. The van der Waals surface area contributed by atoms with Crippen molar-refractivity contribution in [1.29, 1.82) is 0 Å². The van der Waals surface area contributed by atoms with Crippen molar-refractivity contribution in [1.82, 2.24) is 9.13 Å². The number of aryl methyl sites for hydroxylation is 4. The van der Waals surface area contributed by atoms with Gasteiger partial charge in [-0.2, -0.15) is 0 Å². The predicted molar refractivity (Wildman–Crippen MR) is 295 cm³/mol. The van der Waals surface area contributed by atoms with E-state index in [0.717, 1.165) is 28.4 Å². The van der Waals surface area contributed by atoms with Crippen LogP contribution in [0.15, 0.2) is 188 Å². The Kier molecular flexibility index (Phi) is 7.49. The number of hydrogen-bond acceptors (Lipinski definition) is 2. The molecule has 0 saturated carbocycles. The fourth-order valence-corrected chi connectivity index (χ4v) is 13.5. The van der Waals surface area contributed by atoms with Crippen molar-refractivity contribution < 1.29 is 4.74 Å². The molecular formula is C64H43B2N3O. The molecule has 0 saturated heterocycles. The molecule has 16 rings (SSSR count). The maximum absolute atomic E-state index is 7.52. The average Bonchev–Trinajstić information content (AvgIpc) is 3.90. The van der Waals surface area contributed by atoms with E-state index in [2.05, 4.69) is 230 Å². The number of aromatic nitrogens is 2. The smallest absolute Gasteiger partial charge is 0.256 e. The second-order valence-electron chi connectivity index (χ2n) is 20.3. The van der Waals surface area contributed by atoms with Crippen molar-refractivity contribution in [2.45, 2.75) is 27.7 Å². The van der Waals surface area contributed by atoms with E-state index in [1.165, 1.54) is 132 Å². The molecule has 70 heavy (non-hydrogen) atoms. The Morgan fingerprint density at radius 2 is 0.900 bits per heavy atom. The van der Waals surface area contributed by atoms with Gasteiger partial charge in [-0.1, -0.05) is 145 Å². The SMILES string of the molecule is Cc1ccc(-c2cc3c4c(c2)-n2c5ccccc5c5cccc(c52)B4c2cc4c(cc2O3)N(c2ccccc2)c2cc(-c3ccc(C)cc3C)cc3c2B4c2cccc4c5ccccc5n-3c24)c(C)c1. The molecule has 0 aliphatic carbocycles. The molecule has 0 amide bonds. The number of para-hydroxylation sites is 5. The number of rotatable bonds is 3. The number of hydrogen-bond donors (Lipinski definition) is 0. The number of fused-ring (bicyclic) bond motifs is 14. The van der Waals surface area contributed by atoms with Gasteiger partial charge in [-0.3, -0.25) is 0 Å². The lowest BCUT2D eigenvalue weighted by molar-refractivity contribution is 0.487. The fraction of sp³-hybridized carbons (Fsp3) is 0.0625. The van der Waals surface area contributed by atoms with E-state index < -0.39 is 0 Å². The van der Waals surface area contributed by atoms with E-state index >= 15 is 0 Å². The maximum atomic E-state index is 7.52. The molecule has 0 unspecified atom stereocenters. The molecule has 4 aliphatic rings. The molecule has 0 spiro atoms. The fourth-order valence-electron chi connectivity index (χ4n) is 13.5. The van der Waals surface area contributed by atoms with E-state index in [-0.39, 0.29) is 13.4 Å². The van der Waals surface area contributed by atoms with Crippen LogP contribution in [0.25, 0.3) is 77.2 Å². The van der Waals surface area contributed by atoms with Crippen molar-refractivity contribution in [3.05, 3.63) is 210 Å². The summed E-state index contributed by atoms with van der Waals surface area (Å²) >= 11 is 0. The zero-order chi connectivity index (χ0) is 46.3. The summed E-state index contributed by atoms with van der Waals surface area (Å²) in [5, 5.41) is 5.11. The van der Waals surface area contributed by atoms with Crippen LogP contribution in [0.3, 0.4) is 0 Å². The quantitative estimate of drug-likeness (QED) is 0.165. The highest BCUT2D eigenvalue weighted by Crippen LogP contribution is 2.46. The molecule has 0 atom stereocenters. The van der Waals surface area contributed by atoms with Crippen LogP contribution in [0, 0.1) is 27.7 Å². The van der Waals surface area contributed by atoms with E-state index in [4.69, 9.17) is 4.74 Å². The highest BCUT2D eigenvalue weighted by molar-refractivity contribution is 7.02. The molecule has 12 aromatic rings. The second kappa shape index (κ2) is 13.6. The van der Waals surface area contributed by atoms with Gasteiger partial charge in [0.1, 0.15) is 11.5 Å². The third-order valence-corrected chi connectivity index (χ3v) is 16.3. The Balaban J connectivity index is 1.03. The first-order valence-electron chi connectivity index (χ1n) is 24.6. The summed E-state index contributed by atoms with van der Waals surface area (Å²) < 4.78 is 12.6. The first kappa shape index (κ1) is 38.5. The van der Waals surface area contributed by atoms with Crippen LogP contribution in [0.5, 0.6) is 11.5 Å². The minimum atomic E-state index is -0.0588. The van der Waals surface area contributed by atoms with Crippen molar-refractivity contribution in [2.24, 2.45) is 0 Å². The van der Waals surface area contributed by atoms with E-state index in [1.54, 1.807) is 0 Å². The normalized spacial score (nSPS) is 13.5. The summed E-state index contributed by atoms with van der Waals surface area (Å²) in [5.74, 6) is 1.82. The lowest BCUT2D eigenvalue weighted by atomic mass is 9.31. The first-order valence-corrected chi connectivity index (χ1v) is 24.6. The van der Waals surface area contributed by atoms with Crippen molar-refractivity contribution in [3.63, 3.8) is 0 Å². The molecule has 4 nitrogen and oxygen atoms in total. The minimum Gasteiger partial charge on any atom is -0.458 e. The van der Waals surface area contributed by atoms with Crippen LogP contribution in [-0.2, 0) is 0 Å². The van der Waals surface area contributed by atoms with Gasteiger partial charge in [0.15, 0.2) is 0 Å². The predicted octanol–water partition coefficient (Wildman–Crippen LogP) is 12.0. The molecular weight excluding hydrogens is 848 g/mol. The largest absolute Gasteiger partial charge is 0.458 e. The molecule has 0 fully saturated rings. The van der Waals surface area contributed by atoms with Gasteiger partial charge in [-0.15, -0.1) is 0 Å². The Labute approximate surface area is 406 Å². The Morgan fingerprint density at radius 1 is 0.371 bits per heavy atom. The number of ether oxygens (including phenoxy) is 1. The van der Waals surface area contributed by atoms with Crippen LogP contribution in [0.1, 0.15) is 22.3 Å². The lowest BCUT2D eigenvalue weighted by Gasteiger charge is -2.42. The van der Waals surface area contributed by atoms with Gasteiger partial charge in [0, 0.05) is 67.1 Å². The van der Waals surface area contributed by atoms with E-state index in [9.17, 15) is 0 Å². The molecule has 4 aliphatic heterocycles. The zero-order valence-electron chi connectivity index (χ0n) is 39.3. The van der Waals surface area contributed by atoms with Gasteiger partial charge in [0.25, 0.3) is 13.4 Å². The summed E-state index contributed by atoms with van der Waals surface area (Å²) in [6.45, 7) is 8.74. The summed E-state index contributed by atoms with van der Waals surface area (Å²) in [4.78, 5) is 2.53. The number of nitrogens with zero attached hydrogens (tertiary/aromatic N) is 3. The van der Waals surface area contributed by atoms with Gasteiger partial charge < -0.3 is 18.8 Å². The van der Waals surface area contributed by atoms with E-state index in [0.29, 0.717) is 0 Å². The van der Waals surface area contributed by atoms with Crippen molar-refractivity contribution in [2.75, 3.05) is 4.90 Å². The second-order valence-corrected chi connectivity index (χ2v) is 20.3. The topological polar surface area (TPSA) is 22.3 Å². The monoisotopic (exact) mass is 891 g/mol. The Hall–Kier alpha value is -8.47. The molecule has 6 heteroatoms. The first-order chi connectivity index (χ1) is 34.4. The highest BCUT2D eigenvalue weighted by atomic mass is 16.5. The maximum Gasteiger partial charge on any atom is 0.256 e. The molecule has 0 radical (unpaired) electrons. The molecule has 6 heterocycles. The van der Waals surface area contributed by atoms with E-state index in [1.807, 2.05) is 0 Å². The third kappa shape index (κ3) is 4.92. The van der Waals surface area contributed by atoms with Crippen LogP contribution in [0.2, 0.25) is 0 Å². The molecule has 0 bridgehead atoms. The standard InChI is InChI=1S/C64H43B2N3O/c1-36-24-26-43(38(3)28-36)40-30-56-61-57(31-40)68-53-22-10-8-16-45(53)47-18-12-20-49(63(47)68)65(61)51-34-52-59(35-55(51)67(56)42-14-6-5-7-15-42)70-60-33-41(44-27-25-37(2)29-39(44)4)32-58-62(60)66(52)50-21-13-19-48-46-17-9-11-23-54(46)69(58)64(48)50/h5-35H,1-4H3. The van der Waals surface area contributed by atoms with Crippen molar-refractivity contribution >= 4 is 107 Å².